The van der Waals surface area contributed by atoms with Gasteiger partial charge in [-0.15, -0.1) is 0 Å². The molecule has 4 rings (SSSR count). The molecule has 0 spiro atoms. The molecule has 0 aromatic heterocycles. The quantitative estimate of drug-likeness (QED) is 0.248. The maximum absolute atomic E-state index is 13.1. The average Bonchev–Trinajstić information content (AvgIpc) is 3.09. The van der Waals surface area contributed by atoms with Gasteiger partial charge in [0.15, 0.2) is 0 Å². The lowest BCUT2D eigenvalue weighted by molar-refractivity contribution is -0.139. The van der Waals surface area contributed by atoms with E-state index in [4.69, 9.17) is 4.74 Å². The average molecular weight is 448 g/mol. The van der Waals surface area contributed by atoms with E-state index in [1.165, 1.54) is 17.5 Å². The number of benzene rings is 2. The zero-order chi connectivity index (χ0) is 23.4. The van der Waals surface area contributed by atoms with Gasteiger partial charge in [0, 0.05) is 12.1 Å². The monoisotopic (exact) mass is 447 g/mol. The molecule has 1 aliphatic carbocycles. The smallest absolute Gasteiger partial charge is 0.295 e. The summed E-state index contributed by atoms with van der Waals surface area (Å²) >= 11 is 0. The standard InChI is InChI=1S/C28H33NO4/c1-3-5-17-33-23-14-12-20(13-15-23)25-24(27(31)28(32)29(25)16-4-2)26(30)22-11-10-19-8-6-7-9-21(19)18-22/h10-15,18,25,30H,3-9,16-17H2,1-2H3/b26-24-. The number of hydrogen-bond donors (Lipinski definition) is 1. The maximum atomic E-state index is 13.1. The van der Waals surface area contributed by atoms with E-state index in [9.17, 15) is 14.7 Å². The Morgan fingerprint density at radius 1 is 1.00 bits per heavy atom. The SMILES string of the molecule is CCCCOc1ccc(C2/C(=C(/O)c3ccc4c(c3)CCCC4)C(=O)C(=O)N2CCC)cc1. The summed E-state index contributed by atoms with van der Waals surface area (Å²) in [6.45, 7) is 5.20. The molecule has 5 heteroatoms. The molecule has 1 saturated heterocycles. The molecule has 1 heterocycles. The fourth-order valence-corrected chi connectivity index (χ4v) is 4.82. The van der Waals surface area contributed by atoms with Crippen molar-refractivity contribution in [1.29, 1.82) is 0 Å². The van der Waals surface area contributed by atoms with Crippen LogP contribution in [0.4, 0.5) is 0 Å². The Bertz CT molecular complexity index is 1050. The van der Waals surface area contributed by atoms with E-state index in [0.29, 0.717) is 18.7 Å². The van der Waals surface area contributed by atoms with Gasteiger partial charge in [-0.05, 0) is 73.4 Å². The number of Topliss-reactive ketones (excluding diaryl/α,β-unsaturated/α-hetero) is 1. The first kappa shape index (κ1) is 23.1. The Morgan fingerprint density at radius 3 is 2.42 bits per heavy atom. The van der Waals surface area contributed by atoms with Crippen LogP contribution in [0.2, 0.25) is 0 Å². The first-order valence-electron chi connectivity index (χ1n) is 12.2. The molecule has 1 fully saturated rings. The molecule has 1 atom stereocenters. The molecule has 1 unspecified atom stereocenters. The number of carbonyl (C=O) groups excluding carboxylic acids is 2. The highest BCUT2D eigenvalue weighted by Gasteiger charge is 2.45. The molecule has 1 aliphatic heterocycles. The molecular weight excluding hydrogens is 414 g/mol. The van der Waals surface area contributed by atoms with Crippen LogP contribution < -0.4 is 4.74 Å². The highest BCUT2D eigenvalue weighted by molar-refractivity contribution is 6.46. The summed E-state index contributed by atoms with van der Waals surface area (Å²) in [6.07, 6.45) is 7.10. The number of hydrogen-bond acceptors (Lipinski definition) is 4. The molecule has 0 saturated carbocycles. The summed E-state index contributed by atoms with van der Waals surface area (Å²) in [4.78, 5) is 27.6. The van der Waals surface area contributed by atoms with Gasteiger partial charge in [-0.3, -0.25) is 9.59 Å². The number of rotatable bonds is 8. The number of ether oxygens (including phenoxy) is 1. The lowest BCUT2D eigenvalue weighted by Crippen LogP contribution is -2.30. The minimum absolute atomic E-state index is 0.0893. The van der Waals surface area contributed by atoms with Crippen molar-refractivity contribution in [3.63, 3.8) is 0 Å². The fraction of sp³-hybridized carbons (Fsp3) is 0.429. The third kappa shape index (κ3) is 4.68. The number of amides is 1. The third-order valence-electron chi connectivity index (χ3n) is 6.59. The van der Waals surface area contributed by atoms with Crippen LogP contribution in [-0.2, 0) is 22.4 Å². The van der Waals surface area contributed by atoms with Gasteiger partial charge >= 0.3 is 0 Å². The van der Waals surface area contributed by atoms with Crippen molar-refractivity contribution >= 4 is 17.4 Å². The van der Waals surface area contributed by atoms with E-state index in [1.54, 1.807) is 4.90 Å². The Hall–Kier alpha value is -3.08. The molecule has 1 N–H and O–H groups in total. The van der Waals surface area contributed by atoms with E-state index in [2.05, 4.69) is 6.92 Å². The highest BCUT2D eigenvalue weighted by Crippen LogP contribution is 2.40. The van der Waals surface area contributed by atoms with Crippen LogP contribution in [0.15, 0.2) is 48.0 Å². The van der Waals surface area contributed by atoms with Crippen LogP contribution in [0.3, 0.4) is 0 Å². The van der Waals surface area contributed by atoms with Crippen molar-refractivity contribution in [2.75, 3.05) is 13.2 Å². The minimum atomic E-state index is -0.619. The lowest BCUT2D eigenvalue weighted by atomic mass is 9.88. The number of unbranched alkanes of at least 4 members (excludes halogenated alkanes) is 1. The van der Waals surface area contributed by atoms with Crippen molar-refractivity contribution in [1.82, 2.24) is 4.90 Å². The largest absolute Gasteiger partial charge is 0.507 e. The van der Waals surface area contributed by atoms with Crippen LogP contribution >= 0.6 is 0 Å². The van der Waals surface area contributed by atoms with Gasteiger partial charge in [0.2, 0.25) is 0 Å². The number of fused-ring (bicyclic) bond motifs is 1. The second kappa shape index (κ2) is 10.2. The Balaban J connectivity index is 1.73. The van der Waals surface area contributed by atoms with Gasteiger partial charge < -0.3 is 14.7 Å². The van der Waals surface area contributed by atoms with E-state index < -0.39 is 17.7 Å². The number of likely N-dealkylation sites (tertiary alicyclic amines) is 1. The first-order valence-corrected chi connectivity index (χ1v) is 12.2. The van der Waals surface area contributed by atoms with Crippen LogP contribution in [0.5, 0.6) is 5.75 Å². The maximum Gasteiger partial charge on any atom is 0.295 e. The van der Waals surface area contributed by atoms with E-state index in [0.717, 1.165) is 49.8 Å². The van der Waals surface area contributed by atoms with Crippen molar-refractivity contribution < 1.29 is 19.4 Å². The lowest BCUT2D eigenvalue weighted by Gasteiger charge is -2.25. The molecule has 33 heavy (non-hydrogen) atoms. The Morgan fingerprint density at radius 2 is 1.73 bits per heavy atom. The number of aryl methyl sites for hydroxylation is 2. The molecule has 2 aromatic rings. The zero-order valence-corrected chi connectivity index (χ0v) is 19.6. The molecule has 0 radical (unpaired) electrons. The summed E-state index contributed by atoms with van der Waals surface area (Å²) in [7, 11) is 0. The van der Waals surface area contributed by atoms with Gasteiger partial charge in [0.05, 0.1) is 18.2 Å². The second-order valence-electron chi connectivity index (χ2n) is 8.95. The van der Waals surface area contributed by atoms with Gasteiger partial charge in [0.25, 0.3) is 11.7 Å². The van der Waals surface area contributed by atoms with Crippen molar-refractivity contribution in [3.05, 3.63) is 70.3 Å². The predicted molar refractivity (Wildman–Crippen MR) is 129 cm³/mol. The number of nitrogens with zero attached hydrogens (tertiary/aromatic N) is 1. The van der Waals surface area contributed by atoms with Crippen molar-refractivity contribution in [3.8, 4) is 5.75 Å². The molecule has 5 nitrogen and oxygen atoms in total. The van der Waals surface area contributed by atoms with Crippen molar-refractivity contribution in [2.45, 2.75) is 64.8 Å². The number of aliphatic hydroxyl groups excluding tert-OH is 1. The fourth-order valence-electron chi connectivity index (χ4n) is 4.82. The highest BCUT2D eigenvalue weighted by atomic mass is 16.5. The van der Waals surface area contributed by atoms with Crippen LogP contribution in [0, 0.1) is 0 Å². The Labute approximate surface area is 196 Å². The molecule has 0 bridgehead atoms. The normalized spacial score (nSPS) is 19.6. The predicted octanol–water partition coefficient (Wildman–Crippen LogP) is 5.58. The Kier molecular flexibility index (Phi) is 7.17. The van der Waals surface area contributed by atoms with Crippen LogP contribution in [0.25, 0.3) is 5.76 Å². The number of aliphatic hydroxyl groups is 1. The van der Waals surface area contributed by atoms with Gasteiger partial charge in [-0.25, -0.2) is 0 Å². The topological polar surface area (TPSA) is 66.8 Å². The molecule has 1 amide bonds. The van der Waals surface area contributed by atoms with Crippen molar-refractivity contribution in [2.24, 2.45) is 0 Å². The van der Waals surface area contributed by atoms with E-state index in [-0.39, 0.29) is 11.3 Å². The second-order valence-corrected chi connectivity index (χ2v) is 8.95. The number of ketones is 1. The third-order valence-corrected chi connectivity index (χ3v) is 6.59. The van der Waals surface area contributed by atoms with Gasteiger partial charge in [-0.2, -0.15) is 0 Å². The van der Waals surface area contributed by atoms with Crippen LogP contribution in [0.1, 0.15) is 74.2 Å². The molecule has 2 aliphatic rings. The van der Waals surface area contributed by atoms with E-state index >= 15 is 0 Å². The molecular formula is C28H33NO4. The summed E-state index contributed by atoms with van der Waals surface area (Å²) in [5.41, 5.74) is 4.10. The molecule has 174 valence electrons. The summed E-state index contributed by atoms with van der Waals surface area (Å²) in [6, 6.07) is 12.8. The number of carbonyl (C=O) groups is 2. The molecule has 2 aromatic carbocycles. The van der Waals surface area contributed by atoms with Gasteiger partial charge in [-0.1, -0.05) is 44.5 Å². The zero-order valence-electron chi connectivity index (χ0n) is 19.6. The summed E-state index contributed by atoms with van der Waals surface area (Å²) < 4.78 is 5.77. The summed E-state index contributed by atoms with van der Waals surface area (Å²) in [5.74, 6) is -0.500. The first-order chi connectivity index (χ1) is 16.0. The van der Waals surface area contributed by atoms with Gasteiger partial charge in [0.1, 0.15) is 11.5 Å². The van der Waals surface area contributed by atoms with Crippen LogP contribution in [-0.4, -0.2) is 34.8 Å². The van der Waals surface area contributed by atoms with E-state index in [1.807, 2.05) is 49.4 Å². The minimum Gasteiger partial charge on any atom is -0.507 e. The summed E-state index contributed by atoms with van der Waals surface area (Å²) in [5, 5.41) is 11.3.